The lowest BCUT2D eigenvalue weighted by Crippen LogP contribution is -2.63. The first kappa shape index (κ1) is 16.4. The van der Waals surface area contributed by atoms with Crippen molar-refractivity contribution >= 4 is 22.6 Å². The molecule has 6 nitrogen and oxygen atoms in total. The van der Waals surface area contributed by atoms with Crippen LogP contribution in [-0.2, 0) is 4.74 Å². The standard InChI is InChI=1S/C19H25N3O3/c1-2-25-17-12-16(23)19(17)7-10-22(11-8-19)18(24)21-15-5-3-4-14-13(15)6-9-20-14/h3-6,9,16-17,20,23H,2,7-8,10-12H2,1H3,(H,21,24)/t16-,17-/m0/s1. The summed E-state index contributed by atoms with van der Waals surface area (Å²) in [6.07, 6.45) is 4.00. The zero-order valence-electron chi connectivity index (χ0n) is 14.5. The molecule has 134 valence electrons. The number of aromatic amines is 1. The van der Waals surface area contributed by atoms with Gasteiger partial charge in [0.05, 0.1) is 17.9 Å². The number of amides is 2. The summed E-state index contributed by atoms with van der Waals surface area (Å²) < 4.78 is 5.79. The Balaban J connectivity index is 1.41. The second-order valence-electron chi connectivity index (χ2n) is 7.09. The van der Waals surface area contributed by atoms with Crippen molar-refractivity contribution in [3.05, 3.63) is 30.5 Å². The van der Waals surface area contributed by atoms with Gasteiger partial charge >= 0.3 is 6.03 Å². The van der Waals surface area contributed by atoms with E-state index in [4.69, 9.17) is 4.74 Å². The van der Waals surface area contributed by atoms with E-state index >= 15 is 0 Å². The molecule has 0 unspecified atom stereocenters. The van der Waals surface area contributed by atoms with Crippen LogP contribution in [-0.4, -0.2) is 52.9 Å². The van der Waals surface area contributed by atoms with Crippen LogP contribution in [0.1, 0.15) is 26.2 Å². The third-order valence-electron chi connectivity index (χ3n) is 5.93. The van der Waals surface area contributed by atoms with E-state index in [0.29, 0.717) is 19.7 Å². The molecule has 2 aromatic rings. The number of anilines is 1. The Morgan fingerprint density at radius 1 is 1.40 bits per heavy atom. The summed E-state index contributed by atoms with van der Waals surface area (Å²) >= 11 is 0. The van der Waals surface area contributed by atoms with E-state index in [2.05, 4.69) is 10.3 Å². The summed E-state index contributed by atoms with van der Waals surface area (Å²) in [6.45, 7) is 3.96. The lowest BCUT2D eigenvalue weighted by atomic mass is 9.58. The van der Waals surface area contributed by atoms with Crippen molar-refractivity contribution < 1.29 is 14.6 Å². The van der Waals surface area contributed by atoms with Crippen LogP contribution in [0.5, 0.6) is 0 Å². The van der Waals surface area contributed by atoms with Gasteiger partial charge in [0.2, 0.25) is 0 Å². The molecule has 1 saturated carbocycles. The van der Waals surface area contributed by atoms with Crippen LogP contribution in [0.15, 0.2) is 30.5 Å². The summed E-state index contributed by atoms with van der Waals surface area (Å²) in [5, 5.41) is 14.3. The number of urea groups is 1. The molecule has 2 amide bonds. The van der Waals surface area contributed by atoms with Crippen molar-refractivity contribution in [1.82, 2.24) is 9.88 Å². The van der Waals surface area contributed by atoms with Gasteiger partial charge in [0, 0.05) is 48.6 Å². The highest BCUT2D eigenvalue weighted by Gasteiger charge is 2.56. The zero-order chi connectivity index (χ0) is 17.4. The molecule has 1 aliphatic carbocycles. The number of aromatic nitrogens is 1. The van der Waals surface area contributed by atoms with Crippen molar-refractivity contribution in [3.8, 4) is 0 Å². The summed E-state index contributed by atoms with van der Waals surface area (Å²) in [7, 11) is 0. The average Bonchev–Trinajstić information content (AvgIpc) is 3.11. The molecule has 1 aromatic carbocycles. The van der Waals surface area contributed by atoms with Crippen LogP contribution < -0.4 is 5.32 Å². The number of nitrogens with zero attached hydrogens (tertiary/aromatic N) is 1. The Morgan fingerprint density at radius 3 is 2.92 bits per heavy atom. The first-order chi connectivity index (χ1) is 12.1. The molecule has 4 rings (SSSR count). The maximum Gasteiger partial charge on any atom is 0.321 e. The second kappa shape index (κ2) is 6.35. The van der Waals surface area contributed by atoms with Gasteiger partial charge in [0.1, 0.15) is 0 Å². The summed E-state index contributed by atoms with van der Waals surface area (Å²) in [4.78, 5) is 17.6. The third-order valence-corrected chi connectivity index (χ3v) is 5.93. The van der Waals surface area contributed by atoms with Gasteiger partial charge in [-0.3, -0.25) is 0 Å². The molecule has 2 heterocycles. The first-order valence-electron chi connectivity index (χ1n) is 9.06. The molecule has 25 heavy (non-hydrogen) atoms. The number of nitrogens with one attached hydrogen (secondary N) is 2. The lowest BCUT2D eigenvalue weighted by molar-refractivity contribution is -0.207. The van der Waals surface area contributed by atoms with Gasteiger partial charge in [0.15, 0.2) is 0 Å². The van der Waals surface area contributed by atoms with Gasteiger partial charge in [-0.15, -0.1) is 0 Å². The van der Waals surface area contributed by atoms with Crippen LogP contribution >= 0.6 is 0 Å². The number of carbonyl (C=O) groups excluding carboxylic acids is 1. The van der Waals surface area contributed by atoms with Crippen LogP contribution in [0.4, 0.5) is 10.5 Å². The minimum atomic E-state index is -0.303. The third kappa shape index (κ3) is 2.69. The SMILES string of the molecule is CCO[C@H]1C[C@H](O)C12CCN(C(=O)Nc1cccc3[nH]ccc13)CC2. The fraction of sp³-hybridized carbons (Fsp3) is 0.526. The van der Waals surface area contributed by atoms with Crippen molar-refractivity contribution in [2.24, 2.45) is 5.41 Å². The molecule has 1 spiro atoms. The number of rotatable bonds is 3. The van der Waals surface area contributed by atoms with E-state index < -0.39 is 0 Å². The van der Waals surface area contributed by atoms with E-state index in [1.807, 2.05) is 42.3 Å². The molecule has 3 N–H and O–H groups in total. The van der Waals surface area contributed by atoms with E-state index in [0.717, 1.165) is 35.9 Å². The molecule has 2 aliphatic rings. The predicted molar refractivity (Wildman–Crippen MR) is 96.6 cm³/mol. The highest BCUT2D eigenvalue weighted by molar-refractivity contribution is 6.00. The molecular weight excluding hydrogens is 318 g/mol. The minimum Gasteiger partial charge on any atom is -0.392 e. The van der Waals surface area contributed by atoms with Crippen molar-refractivity contribution in [1.29, 1.82) is 0 Å². The summed E-state index contributed by atoms with van der Waals surface area (Å²) in [5.74, 6) is 0. The van der Waals surface area contributed by atoms with E-state index in [1.165, 1.54) is 0 Å². The van der Waals surface area contributed by atoms with Crippen molar-refractivity contribution in [2.75, 3.05) is 25.0 Å². The zero-order valence-corrected chi connectivity index (χ0v) is 14.5. The number of ether oxygens (including phenoxy) is 1. The van der Waals surface area contributed by atoms with Crippen molar-refractivity contribution in [2.45, 2.75) is 38.4 Å². The summed E-state index contributed by atoms with van der Waals surface area (Å²) in [6, 6.07) is 7.72. The van der Waals surface area contributed by atoms with Crippen LogP contribution in [0.2, 0.25) is 0 Å². The van der Waals surface area contributed by atoms with Crippen molar-refractivity contribution in [3.63, 3.8) is 0 Å². The van der Waals surface area contributed by atoms with Crippen LogP contribution in [0.25, 0.3) is 10.9 Å². The number of aliphatic hydroxyl groups excluding tert-OH is 1. The number of hydrogen-bond donors (Lipinski definition) is 3. The average molecular weight is 343 g/mol. The molecule has 1 aliphatic heterocycles. The monoisotopic (exact) mass is 343 g/mol. The fourth-order valence-corrected chi connectivity index (χ4v) is 4.33. The summed E-state index contributed by atoms with van der Waals surface area (Å²) in [5.41, 5.74) is 1.67. The minimum absolute atomic E-state index is 0.0784. The number of likely N-dealkylation sites (tertiary alicyclic amines) is 1. The van der Waals surface area contributed by atoms with E-state index in [-0.39, 0.29) is 23.7 Å². The number of benzene rings is 1. The van der Waals surface area contributed by atoms with Gasteiger partial charge < -0.3 is 25.0 Å². The lowest BCUT2D eigenvalue weighted by Gasteiger charge is -2.56. The first-order valence-corrected chi connectivity index (χ1v) is 9.06. The Morgan fingerprint density at radius 2 is 2.20 bits per heavy atom. The largest absolute Gasteiger partial charge is 0.392 e. The number of piperidine rings is 1. The molecule has 2 atom stereocenters. The maximum atomic E-state index is 12.7. The van der Waals surface area contributed by atoms with Gasteiger partial charge in [-0.2, -0.15) is 0 Å². The molecule has 1 saturated heterocycles. The predicted octanol–water partition coefficient (Wildman–Crippen LogP) is 2.95. The number of H-pyrrole nitrogens is 1. The van der Waals surface area contributed by atoms with Crippen LogP contribution in [0.3, 0.4) is 0 Å². The molecule has 2 fully saturated rings. The normalized spacial score (nSPS) is 25.1. The quantitative estimate of drug-likeness (QED) is 0.802. The van der Waals surface area contributed by atoms with E-state index in [9.17, 15) is 9.90 Å². The highest BCUT2D eigenvalue weighted by atomic mass is 16.5. The van der Waals surface area contributed by atoms with Crippen LogP contribution in [0, 0.1) is 5.41 Å². The number of aliphatic hydroxyl groups is 1. The molecule has 1 aromatic heterocycles. The van der Waals surface area contributed by atoms with E-state index in [1.54, 1.807) is 0 Å². The maximum absolute atomic E-state index is 12.7. The number of carbonyl (C=O) groups is 1. The Kier molecular flexibility index (Phi) is 4.17. The molecule has 0 radical (unpaired) electrons. The Bertz CT molecular complexity index is 762. The number of hydrogen-bond acceptors (Lipinski definition) is 3. The highest BCUT2D eigenvalue weighted by Crippen LogP contribution is 2.50. The van der Waals surface area contributed by atoms with Gasteiger partial charge in [-0.05, 0) is 38.0 Å². The molecular formula is C19H25N3O3. The van der Waals surface area contributed by atoms with Gasteiger partial charge in [-0.1, -0.05) is 6.07 Å². The molecule has 6 heteroatoms. The smallest absolute Gasteiger partial charge is 0.321 e. The van der Waals surface area contributed by atoms with Gasteiger partial charge in [-0.25, -0.2) is 4.79 Å². The Labute approximate surface area is 147 Å². The number of fused-ring (bicyclic) bond motifs is 1. The second-order valence-corrected chi connectivity index (χ2v) is 7.09. The molecule has 0 bridgehead atoms. The fourth-order valence-electron chi connectivity index (χ4n) is 4.33. The Hall–Kier alpha value is -2.05. The topological polar surface area (TPSA) is 77.6 Å². The van der Waals surface area contributed by atoms with Gasteiger partial charge in [0.25, 0.3) is 0 Å².